The maximum Gasteiger partial charge on any atom is 0.0568 e. The number of hydrogen-bond acceptors (Lipinski definition) is 4. The Morgan fingerprint density at radius 3 is 2.69 bits per heavy atom. The molecule has 2 rings (SSSR count). The molecule has 1 heterocycles. The molecule has 88 valence electrons. The number of aliphatic hydroxyl groups excluding tert-OH is 1. The minimum atomic E-state index is -0.240. The zero-order chi connectivity index (χ0) is 11.7. The molecule has 4 nitrogen and oxygen atoms in total. The van der Waals surface area contributed by atoms with Crippen molar-refractivity contribution in [2.24, 2.45) is 5.92 Å². The predicted octanol–water partition coefficient (Wildman–Crippen LogP) is 1.06. The van der Waals surface area contributed by atoms with Crippen molar-refractivity contribution in [2.75, 3.05) is 29.5 Å². The molecule has 0 aliphatic carbocycles. The van der Waals surface area contributed by atoms with E-state index in [0.717, 1.165) is 25.2 Å². The van der Waals surface area contributed by atoms with Gasteiger partial charge in [0.1, 0.15) is 0 Å². The fourth-order valence-corrected chi connectivity index (χ4v) is 2.17. The number of nitrogens with two attached hydrogens (primary N) is 2. The standard InChI is InChI=1S/C12H19N3O/c1-8(16)9-4-5-15(7-9)10-2-3-11(13)12(14)6-10/h2-3,6,8-9,16H,4-5,7,13-14H2,1H3. The molecule has 0 bridgehead atoms. The van der Waals surface area contributed by atoms with Gasteiger partial charge in [-0.15, -0.1) is 0 Å². The number of anilines is 3. The molecule has 1 saturated heterocycles. The second-order valence-corrected chi connectivity index (χ2v) is 4.55. The van der Waals surface area contributed by atoms with Gasteiger partial charge >= 0.3 is 0 Å². The van der Waals surface area contributed by atoms with Crippen molar-refractivity contribution in [3.63, 3.8) is 0 Å². The van der Waals surface area contributed by atoms with Crippen molar-refractivity contribution in [1.29, 1.82) is 0 Å². The molecule has 1 aliphatic rings. The van der Waals surface area contributed by atoms with Crippen LogP contribution in [0.4, 0.5) is 17.1 Å². The Morgan fingerprint density at radius 2 is 2.12 bits per heavy atom. The first kappa shape index (κ1) is 11.1. The first-order valence-corrected chi connectivity index (χ1v) is 5.66. The third-order valence-corrected chi connectivity index (χ3v) is 3.34. The van der Waals surface area contributed by atoms with Crippen LogP contribution in [0.5, 0.6) is 0 Å². The number of rotatable bonds is 2. The van der Waals surface area contributed by atoms with E-state index in [0.29, 0.717) is 17.3 Å². The Balaban J connectivity index is 2.11. The SMILES string of the molecule is CC(O)C1CCN(c2ccc(N)c(N)c2)C1. The topological polar surface area (TPSA) is 75.5 Å². The second kappa shape index (κ2) is 4.22. The maximum absolute atomic E-state index is 9.54. The summed E-state index contributed by atoms with van der Waals surface area (Å²) in [5, 5.41) is 9.54. The number of benzene rings is 1. The van der Waals surface area contributed by atoms with E-state index >= 15 is 0 Å². The Bertz CT molecular complexity index is 379. The summed E-state index contributed by atoms with van der Waals surface area (Å²) in [5.41, 5.74) is 13.8. The summed E-state index contributed by atoms with van der Waals surface area (Å²) in [4.78, 5) is 2.24. The van der Waals surface area contributed by atoms with Crippen LogP contribution in [0, 0.1) is 5.92 Å². The van der Waals surface area contributed by atoms with Gasteiger partial charge in [-0.3, -0.25) is 0 Å². The minimum absolute atomic E-state index is 0.240. The maximum atomic E-state index is 9.54. The van der Waals surface area contributed by atoms with Crippen molar-refractivity contribution in [1.82, 2.24) is 0 Å². The van der Waals surface area contributed by atoms with E-state index in [4.69, 9.17) is 11.5 Å². The van der Waals surface area contributed by atoms with Gasteiger partial charge in [0.2, 0.25) is 0 Å². The van der Waals surface area contributed by atoms with E-state index in [-0.39, 0.29) is 6.10 Å². The van der Waals surface area contributed by atoms with Crippen molar-refractivity contribution >= 4 is 17.1 Å². The van der Waals surface area contributed by atoms with Crippen molar-refractivity contribution < 1.29 is 5.11 Å². The molecule has 2 unspecified atom stereocenters. The van der Waals surface area contributed by atoms with Crippen LogP contribution in [0.2, 0.25) is 0 Å². The molecule has 16 heavy (non-hydrogen) atoms. The predicted molar refractivity (Wildman–Crippen MR) is 67.3 cm³/mol. The van der Waals surface area contributed by atoms with Crippen LogP contribution in [-0.4, -0.2) is 24.3 Å². The first-order chi connectivity index (χ1) is 7.58. The van der Waals surface area contributed by atoms with Gasteiger partial charge in [0.15, 0.2) is 0 Å². The average molecular weight is 221 g/mol. The summed E-state index contributed by atoms with van der Waals surface area (Å²) >= 11 is 0. The number of nitrogen functional groups attached to an aromatic ring is 2. The molecule has 0 saturated carbocycles. The van der Waals surface area contributed by atoms with Crippen LogP contribution in [0.3, 0.4) is 0 Å². The number of hydrogen-bond donors (Lipinski definition) is 3. The summed E-state index contributed by atoms with van der Waals surface area (Å²) < 4.78 is 0. The normalized spacial score (nSPS) is 22.4. The lowest BCUT2D eigenvalue weighted by molar-refractivity contribution is 0.136. The monoisotopic (exact) mass is 221 g/mol. The molecule has 0 amide bonds. The van der Waals surface area contributed by atoms with Crippen molar-refractivity contribution in [3.05, 3.63) is 18.2 Å². The van der Waals surface area contributed by atoms with Crippen LogP contribution in [0.25, 0.3) is 0 Å². The van der Waals surface area contributed by atoms with Crippen LogP contribution in [-0.2, 0) is 0 Å². The molecule has 5 N–H and O–H groups in total. The highest BCUT2D eigenvalue weighted by molar-refractivity contribution is 5.70. The highest BCUT2D eigenvalue weighted by atomic mass is 16.3. The van der Waals surface area contributed by atoms with E-state index in [2.05, 4.69) is 4.90 Å². The lowest BCUT2D eigenvalue weighted by Crippen LogP contribution is -2.23. The number of nitrogens with zero attached hydrogens (tertiary/aromatic N) is 1. The van der Waals surface area contributed by atoms with Crippen LogP contribution >= 0.6 is 0 Å². The summed E-state index contributed by atoms with van der Waals surface area (Å²) in [5.74, 6) is 0.360. The van der Waals surface area contributed by atoms with E-state index in [1.807, 2.05) is 25.1 Å². The van der Waals surface area contributed by atoms with E-state index < -0.39 is 0 Å². The fourth-order valence-electron chi connectivity index (χ4n) is 2.17. The van der Waals surface area contributed by atoms with Gasteiger partial charge in [-0.2, -0.15) is 0 Å². The van der Waals surface area contributed by atoms with Crippen LogP contribution in [0.15, 0.2) is 18.2 Å². The zero-order valence-electron chi connectivity index (χ0n) is 9.56. The van der Waals surface area contributed by atoms with Crippen LogP contribution < -0.4 is 16.4 Å². The molecule has 2 atom stereocenters. The molecule has 0 spiro atoms. The van der Waals surface area contributed by atoms with Crippen molar-refractivity contribution in [3.8, 4) is 0 Å². The van der Waals surface area contributed by atoms with Gasteiger partial charge in [0, 0.05) is 24.7 Å². The lowest BCUT2D eigenvalue weighted by atomic mass is 10.0. The first-order valence-electron chi connectivity index (χ1n) is 5.66. The second-order valence-electron chi connectivity index (χ2n) is 4.55. The average Bonchev–Trinajstić information content (AvgIpc) is 2.71. The van der Waals surface area contributed by atoms with Crippen molar-refractivity contribution in [2.45, 2.75) is 19.4 Å². The third-order valence-electron chi connectivity index (χ3n) is 3.34. The largest absolute Gasteiger partial charge is 0.397 e. The Hall–Kier alpha value is -1.42. The smallest absolute Gasteiger partial charge is 0.0568 e. The van der Waals surface area contributed by atoms with Gasteiger partial charge in [-0.05, 0) is 31.5 Å². The molecule has 0 radical (unpaired) electrons. The molecular weight excluding hydrogens is 202 g/mol. The van der Waals surface area contributed by atoms with E-state index in [1.54, 1.807) is 0 Å². The summed E-state index contributed by atoms with van der Waals surface area (Å²) in [6.45, 7) is 3.71. The Morgan fingerprint density at radius 1 is 1.38 bits per heavy atom. The molecule has 4 heteroatoms. The molecule has 1 aromatic rings. The summed E-state index contributed by atoms with van der Waals surface area (Å²) in [6.07, 6.45) is 0.790. The van der Waals surface area contributed by atoms with Gasteiger partial charge in [-0.25, -0.2) is 0 Å². The summed E-state index contributed by atoms with van der Waals surface area (Å²) in [6, 6.07) is 5.72. The molecule has 1 aromatic carbocycles. The molecule has 1 fully saturated rings. The van der Waals surface area contributed by atoms with Gasteiger partial charge in [0.25, 0.3) is 0 Å². The highest BCUT2D eigenvalue weighted by Gasteiger charge is 2.26. The minimum Gasteiger partial charge on any atom is -0.397 e. The number of aliphatic hydroxyl groups is 1. The Labute approximate surface area is 95.8 Å². The van der Waals surface area contributed by atoms with E-state index in [1.165, 1.54) is 0 Å². The lowest BCUT2D eigenvalue weighted by Gasteiger charge is -2.20. The molecular formula is C12H19N3O. The van der Waals surface area contributed by atoms with Crippen LogP contribution in [0.1, 0.15) is 13.3 Å². The fraction of sp³-hybridized carbons (Fsp3) is 0.500. The third kappa shape index (κ3) is 2.07. The highest BCUT2D eigenvalue weighted by Crippen LogP contribution is 2.28. The van der Waals surface area contributed by atoms with Gasteiger partial charge < -0.3 is 21.5 Å². The van der Waals surface area contributed by atoms with E-state index in [9.17, 15) is 5.11 Å². The quantitative estimate of drug-likeness (QED) is 0.653. The molecule has 1 aliphatic heterocycles. The van der Waals surface area contributed by atoms with Gasteiger partial charge in [0.05, 0.1) is 17.5 Å². The Kier molecular flexibility index (Phi) is 2.92. The zero-order valence-corrected chi connectivity index (χ0v) is 9.56. The van der Waals surface area contributed by atoms with Gasteiger partial charge in [-0.1, -0.05) is 0 Å². The molecule has 0 aromatic heterocycles. The summed E-state index contributed by atoms with van der Waals surface area (Å²) in [7, 11) is 0.